The molecule has 2 heterocycles. The highest BCUT2D eigenvalue weighted by Gasteiger charge is 2.16. The molecule has 0 saturated heterocycles. The smallest absolute Gasteiger partial charge is 0.143 e. The number of nitrogens with two attached hydrogens (primary N) is 1. The van der Waals surface area contributed by atoms with E-state index in [9.17, 15) is 0 Å². The van der Waals surface area contributed by atoms with E-state index in [2.05, 4.69) is 37.1 Å². The normalized spacial score (nSPS) is 12.8. The number of nitrogens with one attached hydrogen (secondary N) is 2. The van der Waals surface area contributed by atoms with Crippen LogP contribution in [0.4, 0.5) is 0 Å². The number of rotatable bonds is 6. The second-order valence-corrected chi connectivity index (χ2v) is 3.83. The number of imidazole rings is 1. The van der Waals surface area contributed by atoms with E-state index in [0.717, 1.165) is 24.6 Å². The van der Waals surface area contributed by atoms with E-state index in [-0.39, 0.29) is 6.04 Å². The SMILES string of the molecule is CCCn1ccnc1CC(NN)c1ncn[nH]1. The van der Waals surface area contributed by atoms with Gasteiger partial charge in [-0.25, -0.2) is 15.4 Å². The van der Waals surface area contributed by atoms with E-state index in [0.29, 0.717) is 6.42 Å². The number of H-pyrrole nitrogens is 1. The summed E-state index contributed by atoms with van der Waals surface area (Å²) in [5.41, 5.74) is 2.72. The van der Waals surface area contributed by atoms with Gasteiger partial charge in [0, 0.05) is 25.4 Å². The van der Waals surface area contributed by atoms with Gasteiger partial charge in [0.1, 0.15) is 18.0 Å². The van der Waals surface area contributed by atoms with Crippen molar-refractivity contribution in [2.24, 2.45) is 5.84 Å². The molecule has 2 rings (SSSR count). The highest BCUT2D eigenvalue weighted by Crippen LogP contribution is 2.12. The number of aromatic amines is 1. The zero-order valence-corrected chi connectivity index (χ0v) is 9.80. The van der Waals surface area contributed by atoms with Crippen LogP contribution in [0.5, 0.6) is 0 Å². The van der Waals surface area contributed by atoms with Crippen molar-refractivity contribution in [2.75, 3.05) is 0 Å². The van der Waals surface area contributed by atoms with Crippen molar-refractivity contribution in [2.45, 2.75) is 32.4 Å². The first kappa shape index (κ1) is 11.7. The third-order valence-corrected chi connectivity index (χ3v) is 2.62. The van der Waals surface area contributed by atoms with Crippen LogP contribution in [0.15, 0.2) is 18.7 Å². The predicted octanol–water partition coefficient (Wildman–Crippen LogP) is 0.158. The molecule has 0 spiro atoms. The molecule has 2 aromatic rings. The average molecular weight is 235 g/mol. The lowest BCUT2D eigenvalue weighted by atomic mass is 10.2. The van der Waals surface area contributed by atoms with Crippen LogP contribution in [0, 0.1) is 0 Å². The van der Waals surface area contributed by atoms with Crippen molar-refractivity contribution in [3.05, 3.63) is 30.4 Å². The Bertz CT molecular complexity index is 433. The topological polar surface area (TPSA) is 97.4 Å². The van der Waals surface area contributed by atoms with Crippen molar-refractivity contribution in [3.63, 3.8) is 0 Å². The summed E-state index contributed by atoms with van der Waals surface area (Å²) in [6.07, 6.45) is 7.01. The van der Waals surface area contributed by atoms with Gasteiger partial charge >= 0.3 is 0 Å². The predicted molar refractivity (Wildman–Crippen MR) is 62.7 cm³/mol. The van der Waals surface area contributed by atoms with Gasteiger partial charge in [0.05, 0.1) is 6.04 Å². The number of hydrazine groups is 1. The summed E-state index contributed by atoms with van der Waals surface area (Å²) in [5, 5.41) is 6.63. The van der Waals surface area contributed by atoms with Crippen LogP contribution < -0.4 is 11.3 Å². The fraction of sp³-hybridized carbons (Fsp3) is 0.500. The summed E-state index contributed by atoms with van der Waals surface area (Å²) in [6, 6.07) is -0.101. The molecule has 1 atom stereocenters. The molecule has 0 aliphatic rings. The van der Waals surface area contributed by atoms with Crippen molar-refractivity contribution in [1.29, 1.82) is 0 Å². The highest BCUT2D eigenvalue weighted by atomic mass is 15.3. The minimum atomic E-state index is -0.101. The maximum Gasteiger partial charge on any atom is 0.143 e. The van der Waals surface area contributed by atoms with Crippen LogP contribution in [-0.2, 0) is 13.0 Å². The molecule has 7 heteroatoms. The number of hydrogen-bond donors (Lipinski definition) is 3. The van der Waals surface area contributed by atoms with Crippen LogP contribution in [0.25, 0.3) is 0 Å². The Labute approximate surface area is 99.4 Å². The summed E-state index contributed by atoms with van der Waals surface area (Å²) in [4.78, 5) is 8.44. The van der Waals surface area contributed by atoms with E-state index in [1.54, 1.807) is 6.20 Å². The zero-order valence-electron chi connectivity index (χ0n) is 9.80. The lowest BCUT2D eigenvalue weighted by molar-refractivity contribution is 0.496. The molecular formula is C10H17N7. The van der Waals surface area contributed by atoms with Gasteiger partial charge in [-0.1, -0.05) is 6.92 Å². The second kappa shape index (κ2) is 5.55. The molecule has 0 fully saturated rings. The largest absolute Gasteiger partial charge is 0.335 e. The molecule has 1 unspecified atom stereocenters. The van der Waals surface area contributed by atoms with E-state index >= 15 is 0 Å². The lowest BCUT2D eigenvalue weighted by Crippen LogP contribution is -2.31. The molecule has 0 saturated carbocycles. The van der Waals surface area contributed by atoms with Gasteiger partial charge in [-0.3, -0.25) is 10.9 Å². The molecule has 0 amide bonds. The molecule has 4 N–H and O–H groups in total. The minimum Gasteiger partial charge on any atom is -0.335 e. The first-order valence-corrected chi connectivity index (χ1v) is 5.66. The van der Waals surface area contributed by atoms with Crippen LogP contribution >= 0.6 is 0 Å². The summed E-state index contributed by atoms with van der Waals surface area (Å²) in [6.45, 7) is 3.10. The van der Waals surface area contributed by atoms with Gasteiger partial charge in [-0.05, 0) is 6.42 Å². The van der Waals surface area contributed by atoms with Gasteiger partial charge in [0.2, 0.25) is 0 Å². The van der Waals surface area contributed by atoms with Crippen molar-refractivity contribution >= 4 is 0 Å². The molecule has 2 aromatic heterocycles. The average Bonchev–Trinajstić information content (AvgIpc) is 2.97. The summed E-state index contributed by atoms with van der Waals surface area (Å²) in [5.74, 6) is 7.24. The van der Waals surface area contributed by atoms with Crippen LogP contribution in [0.2, 0.25) is 0 Å². The van der Waals surface area contributed by atoms with E-state index in [4.69, 9.17) is 5.84 Å². The maximum atomic E-state index is 5.53. The monoisotopic (exact) mass is 235 g/mol. The van der Waals surface area contributed by atoms with Gasteiger partial charge in [0.25, 0.3) is 0 Å². The van der Waals surface area contributed by atoms with Gasteiger partial charge in [-0.2, -0.15) is 5.10 Å². The Kier molecular flexibility index (Phi) is 3.84. The third-order valence-electron chi connectivity index (χ3n) is 2.62. The zero-order chi connectivity index (χ0) is 12.1. The quantitative estimate of drug-likeness (QED) is 0.489. The fourth-order valence-corrected chi connectivity index (χ4v) is 1.77. The lowest BCUT2D eigenvalue weighted by Gasteiger charge is -2.13. The Hall–Kier alpha value is -1.73. The van der Waals surface area contributed by atoms with Gasteiger partial charge in [-0.15, -0.1) is 0 Å². The summed E-state index contributed by atoms with van der Waals surface area (Å²) < 4.78 is 2.13. The molecule has 0 aliphatic heterocycles. The Balaban J connectivity index is 2.10. The standard InChI is InChI=1S/C10H17N7/c1-2-4-17-5-3-12-9(17)6-8(15-11)10-13-7-14-16-10/h3,5,7-8,15H,2,4,6,11H2,1H3,(H,13,14,16). The first-order chi connectivity index (χ1) is 8.35. The van der Waals surface area contributed by atoms with Crippen LogP contribution in [0.1, 0.15) is 31.0 Å². The van der Waals surface area contributed by atoms with Gasteiger partial charge in [0.15, 0.2) is 0 Å². The molecule has 17 heavy (non-hydrogen) atoms. The summed E-state index contributed by atoms with van der Waals surface area (Å²) in [7, 11) is 0. The number of hydrogen-bond acceptors (Lipinski definition) is 5. The molecule has 0 bridgehead atoms. The van der Waals surface area contributed by atoms with Crippen molar-refractivity contribution < 1.29 is 0 Å². The third kappa shape index (κ3) is 2.69. The molecular weight excluding hydrogens is 218 g/mol. The summed E-state index contributed by atoms with van der Waals surface area (Å²) >= 11 is 0. The molecule has 92 valence electrons. The molecule has 0 aliphatic carbocycles. The van der Waals surface area contributed by atoms with E-state index in [1.165, 1.54) is 6.33 Å². The highest BCUT2D eigenvalue weighted by molar-refractivity contribution is 5.01. The molecule has 7 nitrogen and oxygen atoms in total. The molecule has 0 aromatic carbocycles. The van der Waals surface area contributed by atoms with Gasteiger partial charge < -0.3 is 4.57 Å². The van der Waals surface area contributed by atoms with Crippen LogP contribution in [-0.4, -0.2) is 24.7 Å². The second-order valence-electron chi connectivity index (χ2n) is 3.83. The minimum absolute atomic E-state index is 0.101. The Morgan fingerprint density at radius 3 is 3.06 bits per heavy atom. The van der Waals surface area contributed by atoms with Crippen molar-refractivity contribution in [1.82, 2.24) is 30.2 Å². The number of aryl methyl sites for hydroxylation is 1. The van der Waals surface area contributed by atoms with Crippen molar-refractivity contribution in [3.8, 4) is 0 Å². The molecule has 0 radical (unpaired) electrons. The number of nitrogens with zero attached hydrogens (tertiary/aromatic N) is 4. The Morgan fingerprint density at radius 1 is 1.53 bits per heavy atom. The van der Waals surface area contributed by atoms with E-state index in [1.807, 2.05) is 6.20 Å². The fourth-order valence-electron chi connectivity index (χ4n) is 1.77. The first-order valence-electron chi connectivity index (χ1n) is 5.66. The van der Waals surface area contributed by atoms with E-state index < -0.39 is 0 Å². The maximum absolute atomic E-state index is 5.53. The Morgan fingerprint density at radius 2 is 2.41 bits per heavy atom. The van der Waals surface area contributed by atoms with Crippen LogP contribution in [0.3, 0.4) is 0 Å². The number of aromatic nitrogens is 5.